The van der Waals surface area contributed by atoms with E-state index >= 15 is 0 Å². The fourth-order valence-corrected chi connectivity index (χ4v) is 2.09. The maximum absolute atomic E-state index is 11.8. The van der Waals surface area contributed by atoms with Crippen LogP contribution in [0, 0.1) is 11.3 Å². The Balaban J connectivity index is 1.57. The van der Waals surface area contributed by atoms with Crippen molar-refractivity contribution in [3.8, 4) is 6.07 Å². The van der Waals surface area contributed by atoms with Gasteiger partial charge >= 0.3 is 0 Å². The molecule has 2 aromatic heterocycles. The molecule has 2 N–H and O–H groups in total. The van der Waals surface area contributed by atoms with Gasteiger partial charge in [0.1, 0.15) is 17.9 Å². The van der Waals surface area contributed by atoms with Gasteiger partial charge in [-0.2, -0.15) is 10.2 Å². The summed E-state index contributed by atoms with van der Waals surface area (Å²) in [4.78, 5) is 18.8. The Hall–Kier alpha value is -2.66. The Morgan fingerprint density at radius 1 is 1.62 bits per heavy atom. The van der Waals surface area contributed by atoms with E-state index in [1.165, 1.54) is 12.3 Å². The van der Waals surface area contributed by atoms with Crippen LogP contribution in [0.15, 0.2) is 16.8 Å². The number of rotatable bonds is 4. The minimum Gasteiger partial charge on any atom is -0.368 e. The molecule has 3 rings (SSSR count). The molecule has 1 aliphatic heterocycles. The average molecular weight is 287 g/mol. The number of nitrogens with one attached hydrogen (secondary N) is 2. The van der Waals surface area contributed by atoms with Crippen molar-refractivity contribution in [1.29, 1.82) is 5.26 Å². The number of carbonyl (C=O) groups excluding carboxylic acids is 1. The maximum Gasteiger partial charge on any atom is 0.268 e. The molecule has 108 valence electrons. The van der Waals surface area contributed by atoms with Crippen molar-refractivity contribution in [1.82, 2.24) is 20.4 Å². The summed E-state index contributed by atoms with van der Waals surface area (Å²) in [6.07, 6.45) is 3.18. The monoisotopic (exact) mass is 287 g/mol. The predicted octanol–water partition coefficient (Wildman–Crippen LogP) is 1.05. The van der Waals surface area contributed by atoms with Gasteiger partial charge in [-0.3, -0.25) is 4.79 Å². The molecule has 8 nitrogen and oxygen atoms in total. The van der Waals surface area contributed by atoms with E-state index in [1.807, 2.05) is 6.07 Å². The molecule has 0 aliphatic carbocycles. The Kier molecular flexibility index (Phi) is 3.66. The minimum absolute atomic E-state index is 0.136. The largest absolute Gasteiger partial charge is 0.368 e. The van der Waals surface area contributed by atoms with E-state index in [0.29, 0.717) is 29.6 Å². The van der Waals surface area contributed by atoms with Crippen molar-refractivity contribution in [2.45, 2.75) is 25.5 Å². The van der Waals surface area contributed by atoms with E-state index < -0.39 is 0 Å². The first-order valence-corrected chi connectivity index (χ1v) is 6.57. The van der Waals surface area contributed by atoms with Gasteiger partial charge in [0, 0.05) is 12.8 Å². The summed E-state index contributed by atoms with van der Waals surface area (Å²) in [7, 11) is 0. The van der Waals surface area contributed by atoms with Crippen molar-refractivity contribution in [3.05, 3.63) is 35.2 Å². The molecular weight excluding hydrogens is 274 g/mol. The lowest BCUT2D eigenvalue weighted by molar-refractivity contribution is 0.0835. The summed E-state index contributed by atoms with van der Waals surface area (Å²) in [5.41, 5.74) is 0.717. The number of nitriles is 1. The number of hydrogen-bond donors (Lipinski definition) is 2. The highest BCUT2D eigenvalue weighted by atomic mass is 16.5. The second-order valence-corrected chi connectivity index (χ2v) is 4.65. The predicted molar refractivity (Wildman–Crippen MR) is 68.9 cm³/mol. The molecule has 3 heterocycles. The molecule has 8 heteroatoms. The van der Waals surface area contributed by atoms with Crippen LogP contribution < -0.4 is 5.32 Å². The van der Waals surface area contributed by atoms with E-state index in [2.05, 4.69) is 20.4 Å². The van der Waals surface area contributed by atoms with Gasteiger partial charge in [0.15, 0.2) is 5.82 Å². The topological polar surface area (TPSA) is 117 Å². The third kappa shape index (κ3) is 2.93. The molecule has 2 aromatic rings. The lowest BCUT2D eigenvalue weighted by atomic mass is 10.2. The highest BCUT2D eigenvalue weighted by molar-refractivity contribution is 5.92. The molecule has 1 atom stereocenters. The van der Waals surface area contributed by atoms with Crippen LogP contribution in [0.5, 0.6) is 0 Å². The summed E-state index contributed by atoms with van der Waals surface area (Å²) in [5.74, 6) is 0.504. The van der Waals surface area contributed by atoms with Crippen molar-refractivity contribution < 1.29 is 14.1 Å². The molecule has 1 aliphatic rings. The number of H-pyrrole nitrogens is 1. The fraction of sp³-hybridized carbons (Fsp3) is 0.385. The lowest BCUT2D eigenvalue weighted by Crippen LogP contribution is -2.23. The smallest absolute Gasteiger partial charge is 0.268 e. The van der Waals surface area contributed by atoms with Crippen LogP contribution in [0.4, 0.5) is 0 Å². The molecule has 0 aromatic carbocycles. The van der Waals surface area contributed by atoms with E-state index in [9.17, 15) is 4.79 Å². The molecule has 0 saturated carbocycles. The Bertz CT molecular complexity index is 678. The van der Waals surface area contributed by atoms with Crippen LogP contribution in [0.2, 0.25) is 0 Å². The fourth-order valence-electron chi connectivity index (χ4n) is 2.09. The van der Waals surface area contributed by atoms with E-state index in [-0.39, 0.29) is 18.6 Å². The summed E-state index contributed by atoms with van der Waals surface area (Å²) in [6.45, 7) is 0.850. The normalized spacial score (nSPS) is 17.6. The molecule has 0 bridgehead atoms. The number of amides is 1. The van der Waals surface area contributed by atoms with Gasteiger partial charge in [-0.15, -0.1) is 0 Å². The molecule has 1 saturated heterocycles. The van der Waals surface area contributed by atoms with Crippen LogP contribution in [-0.2, 0) is 11.3 Å². The van der Waals surface area contributed by atoms with Crippen molar-refractivity contribution in [3.63, 3.8) is 0 Å². The van der Waals surface area contributed by atoms with Crippen molar-refractivity contribution in [2.24, 2.45) is 0 Å². The van der Waals surface area contributed by atoms with E-state index in [1.54, 1.807) is 0 Å². The van der Waals surface area contributed by atoms with Gasteiger partial charge in [0.05, 0.1) is 12.1 Å². The van der Waals surface area contributed by atoms with E-state index in [0.717, 1.165) is 12.8 Å². The summed E-state index contributed by atoms with van der Waals surface area (Å²) in [5, 5.41) is 15.2. The van der Waals surface area contributed by atoms with Crippen molar-refractivity contribution in [2.75, 3.05) is 6.61 Å². The zero-order valence-corrected chi connectivity index (χ0v) is 11.1. The van der Waals surface area contributed by atoms with Crippen LogP contribution in [-0.4, -0.2) is 27.6 Å². The number of nitrogens with zero attached hydrogens (tertiary/aromatic N) is 3. The van der Waals surface area contributed by atoms with Gasteiger partial charge < -0.3 is 19.6 Å². The number of ether oxygens (including phenoxy) is 1. The zero-order chi connectivity index (χ0) is 14.7. The summed E-state index contributed by atoms with van der Waals surface area (Å²) < 4.78 is 10.6. The van der Waals surface area contributed by atoms with Gasteiger partial charge in [0.25, 0.3) is 11.8 Å². The van der Waals surface area contributed by atoms with Crippen LogP contribution in [0.1, 0.15) is 46.7 Å². The Morgan fingerprint density at radius 3 is 3.24 bits per heavy atom. The summed E-state index contributed by atoms with van der Waals surface area (Å²) >= 11 is 0. The third-order valence-electron chi connectivity index (χ3n) is 3.15. The van der Waals surface area contributed by atoms with Crippen LogP contribution in [0.3, 0.4) is 0 Å². The van der Waals surface area contributed by atoms with Gasteiger partial charge in [0.2, 0.25) is 0 Å². The minimum atomic E-state index is -0.333. The maximum atomic E-state index is 11.8. The Morgan fingerprint density at radius 2 is 2.52 bits per heavy atom. The SMILES string of the molecule is N#Cc1c[nH]c(C(=O)NCc2noc(C3CCCO3)n2)c1. The Labute approximate surface area is 120 Å². The molecule has 21 heavy (non-hydrogen) atoms. The highest BCUT2D eigenvalue weighted by Gasteiger charge is 2.23. The first kappa shape index (κ1) is 13.3. The molecule has 0 spiro atoms. The standard InChI is InChI=1S/C13H13N5O3/c14-5-8-4-9(15-6-8)12(19)16-7-11-17-13(21-18-11)10-2-1-3-20-10/h4,6,10,15H,1-3,7H2,(H,16,19). The first-order valence-electron chi connectivity index (χ1n) is 6.57. The average Bonchev–Trinajstić information content (AvgIpc) is 3.24. The second-order valence-electron chi connectivity index (χ2n) is 4.65. The number of hydrogen-bond acceptors (Lipinski definition) is 6. The molecule has 1 fully saturated rings. The van der Waals surface area contributed by atoms with Gasteiger partial charge in [-0.25, -0.2) is 0 Å². The van der Waals surface area contributed by atoms with Gasteiger partial charge in [-0.1, -0.05) is 5.16 Å². The quantitative estimate of drug-likeness (QED) is 0.868. The first-order chi connectivity index (χ1) is 10.3. The van der Waals surface area contributed by atoms with Crippen LogP contribution >= 0.6 is 0 Å². The molecule has 1 amide bonds. The van der Waals surface area contributed by atoms with Crippen LogP contribution in [0.25, 0.3) is 0 Å². The third-order valence-corrected chi connectivity index (χ3v) is 3.15. The number of aromatic amines is 1. The zero-order valence-electron chi connectivity index (χ0n) is 11.1. The number of aromatic nitrogens is 3. The number of carbonyl (C=O) groups is 1. The second kappa shape index (κ2) is 5.76. The summed E-state index contributed by atoms with van der Waals surface area (Å²) in [6, 6.07) is 3.42. The molecule has 1 unspecified atom stereocenters. The molecular formula is C13H13N5O3. The lowest BCUT2D eigenvalue weighted by Gasteiger charge is -2.01. The molecule has 0 radical (unpaired) electrons. The van der Waals surface area contributed by atoms with Crippen molar-refractivity contribution >= 4 is 5.91 Å². The highest BCUT2D eigenvalue weighted by Crippen LogP contribution is 2.26. The van der Waals surface area contributed by atoms with E-state index in [4.69, 9.17) is 14.5 Å². The van der Waals surface area contributed by atoms with Gasteiger partial charge in [-0.05, 0) is 18.9 Å².